The SMILES string of the molecule is C=CCN1CCOCC2(CCN(C(=O)c3ccn[nH]3)CC2)C1. The van der Waals surface area contributed by atoms with Gasteiger partial charge in [-0.1, -0.05) is 6.08 Å². The van der Waals surface area contributed by atoms with E-state index in [1.807, 2.05) is 11.0 Å². The fourth-order valence-electron chi connectivity index (χ4n) is 3.45. The summed E-state index contributed by atoms with van der Waals surface area (Å²) in [4.78, 5) is 16.7. The molecular weight excluding hydrogens is 280 g/mol. The van der Waals surface area contributed by atoms with Gasteiger partial charge in [-0.3, -0.25) is 14.8 Å². The lowest BCUT2D eigenvalue weighted by molar-refractivity contribution is 0.0153. The summed E-state index contributed by atoms with van der Waals surface area (Å²) in [5.41, 5.74) is 0.742. The minimum absolute atomic E-state index is 0.0461. The number of hydrogen-bond acceptors (Lipinski definition) is 4. The lowest BCUT2D eigenvalue weighted by atomic mass is 9.78. The van der Waals surface area contributed by atoms with Crippen LogP contribution in [0.3, 0.4) is 0 Å². The molecule has 1 aromatic rings. The van der Waals surface area contributed by atoms with E-state index in [1.165, 1.54) is 0 Å². The van der Waals surface area contributed by atoms with Crippen LogP contribution in [0.4, 0.5) is 0 Å². The number of H-pyrrole nitrogens is 1. The molecule has 2 saturated heterocycles. The molecule has 1 amide bonds. The minimum Gasteiger partial charge on any atom is -0.379 e. The van der Waals surface area contributed by atoms with E-state index in [0.29, 0.717) is 5.69 Å². The van der Waals surface area contributed by atoms with Crippen LogP contribution in [0.1, 0.15) is 23.3 Å². The largest absolute Gasteiger partial charge is 0.379 e. The maximum atomic E-state index is 12.4. The quantitative estimate of drug-likeness (QED) is 0.851. The van der Waals surface area contributed by atoms with Crippen molar-refractivity contribution >= 4 is 5.91 Å². The second kappa shape index (κ2) is 6.62. The van der Waals surface area contributed by atoms with Crippen LogP contribution in [0.15, 0.2) is 24.9 Å². The van der Waals surface area contributed by atoms with Crippen LogP contribution < -0.4 is 0 Å². The van der Waals surface area contributed by atoms with Crippen molar-refractivity contribution in [3.05, 3.63) is 30.6 Å². The third kappa shape index (κ3) is 3.23. The second-order valence-corrected chi connectivity index (χ2v) is 6.34. The number of rotatable bonds is 3. The molecule has 2 aliphatic heterocycles. The van der Waals surface area contributed by atoms with Gasteiger partial charge in [-0.15, -0.1) is 6.58 Å². The molecule has 22 heavy (non-hydrogen) atoms. The number of carbonyl (C=O) groups is 1. The fraction of sp³-hybridized carbons (Fsp3) is 0.625. The molecular formula is C16H24N4O2. The first-order valence-corrected chi connectivity index (χ1v) is 7.92. The van der Waals surface area contributed by atoms with Crippen LogP contribution in [-0.2, 0) is 4.74 Å². The lowest BCUT2D eigenvalue weighted by Gasteiger charge is -2.42. The summed E-state index contributed by atoms with van der Waals surface area (Å²) >= 11 is 0. The number of piperidine rings is 1. The molecule has 1 aromatic heterocycles. The molecule has 6 heteroatoms. The summed E-state index contributed by atoms with van der Waals surface area (Å²) < 4.78 is 5.84. The highest BCUT2D eigenvalue weighted by Gasteiger charge is 2.39. The number of hydrogen-bond donors (Lipinski definition) is 1. The van der Waals surface area contributed by atoms with E-state index in [-0.39, 0.29) is 11.3 Å². The van der Waals surface area contributed by atoms with Crippen molar-refractivity contribution in [3.8, 4) is 0 Å². The smallest absolute Gasteiger partial charge is 0.271 e. The number of likely N-dealkylation sites (tertiary alicyclic amines) is 1. The average Bonchev–Trinajstić information content (AvgIpc) is 3.00. The van der Waals surface area contributed by atoms with Crippen molar-refractivity contribution in [2.45, 2.75) is 12.8 Å². The Morgan fingerprint density at radius 1 is 1.45 bits per heavy atom. The third-order valence-electron chi connectivity index (χ3n) is 4.75. The molecule has 2 fully saturated rings. The second-order valence-electron chi connectivity index (χ2n) is 6.34. The highest BCUT2D eigenvalue weighted by atomic mass is 16.5. The summed E-state index contributed by atoms with van der Waals surface area (Å²) in [6.07, 6.45) is 5.54. The topological polar surface area (TPSA) is 61.5 Å². The van der Waals surface area contributed by atoms with Crippen molar-refractivity contribution in [1.82, 2.24) is 20.0 Å². The zero-order valence-corrected chi connectivity index (χ0v) is 13.0. The first-order chi connectivity index (χ1) is 10.7. The van der Waals surface area contributed by atoms with E-state index in [9.17, 15) is 4.79 Å². The van der Waals surface area contributed by atoms with Gasteiger partial charge < -0.3 is 9.64 Å². The Kier molecular flexibility index (Phi) is 4.59. The molecule has 0 aromatic carbocycles. The Morgan fingerprint density at radius 2 is 2.27 bits per heavy atom. The van der Waals surface area contributed by atoms with E-state index < -0.39 is 0 Å². The molecule has 2 aliphatic rings. The van der Waals surface area contributed by atoms with E-state index >= 15 is 0 Å². The molecule has 0 radical (unpaired) electrons. The van der Waals surface area contributed by atoms with Crippen molar-refractivity contribution in [1.29, 1.82) is 0 Å². The molecule has 1 spiro atoms. The summed E-state index contributed by atoms with van der Waals surface area (Å²) in [6.45, 7) is 9.88. The van der Waals surface area contributed by atoms with Gasteiger partial charge in [0.25, 0.3) is 5.91 Å². The van der Waals surface area contributed by atoms with Gasteiger partial charge in [0, 0.05) is 44.3 Å². The summed E-state index contributed by atoms with van der Waals surface area (Å²) in [6, 6.07) is 1.73. The maximum absolute atomic E-state index is 12.4. The number of nitrogens with zero attached hydrogens (tertiary/aromatic N) is 3. The van der Waals surface area contributed by atoms with Crippen molar-refractivity contribution in [3.63, 3.8) is 0 Å². The van der Waals surface area contributed by atoms with Gasteiger partial charge >= 0.3 is 0 Å². The molecule has 0 aliphatic carbocycles. The molecule has 3 rings (SSSR count). The highest BCUT2D eigenvalue weighted by molar-refractivity contribution is 5.92. The zero-order chi connectivity index (χ0) is 15.4. The molecule has 6 nitrogen and oxygen atoms in total. The van der Waals surface area contributed by atoms with E-state index in [4.69, 9.17) is 4.74 Å². The van der Waals surface area contributed by atoms with Gasteiger partial charge in [0.1, 0.15) is 5.69 Å². The standard InChI is InChI=1S/C16H24N4O2/c1-2-7-19-10-11-22-13-16(12-19)4-8-20(9-5-16)15(21)14-3-6-17-18-14/h2-3,6H,1,4-5,7-13H2,(H,17,18). The molecule has 0 saturated carbocycles. The summed E-state index contributed by atoms with van der Waals surface area (Å²) in [5, 5.41) is 6.61. The lowest BCUT2D eigenvalue weighted by Crippen LogP contribution is -2.49. The van der Waals surface area contributed by atoms with Gasteiger partial charge in [-0.25, -0.2) is 0 Å². The van der Waals surface area contributed by atoms with Crippen LogP contribution in [0.2, 0.25) is 0 Å². The van der Waals surface area contributed by atoms with E-state index in [1.54, 1.807) is 12.3 Å². The van der Waals surface area contributed by atoms with Crippen LogP contribution in [0.5, 0.6) is 0 Å². The zero-order valence-electron chi connectivity index (χ0n) is 13.0. The van der Waals surface area contributed by atoms with Crippen LogP contribution in [-0.4, -0.2) is 71.8 Å². The summed E-state index contributed by atoms with van der Waals surface area (Å²) in [5.74, 6) is 0.0461. The Morgan fingerprint density at radius 3 is 2.95 bits per heavy atom. The molecule has 0 atom stereocenters. The predicted octanol–water partition coefficient (Wildman–Crippen LogP) is 1.15. The molecule has 120 valence electrons. The van der Waals surface area contributed by atoms with Gasteiger partial charge in [0.05, 0.1) is 13.2 Å². The number of aromatic amines is 1. The molecule has 3 heterocycles. The number of nitrogens with one attached hydrogen (secondary N) is 1. The first kappa shape index (κ1) is 15.2. The van der Waals surface area contributed by atoms with E-state index in [2.05, 4.69) is 21.7 Å². The van der Waals surface area contributed by atoms with Gasteiger partial charge in [-0.05, 0) is 18.9 Å². The van der Waals surface area contributed by atoms with E-state index in [0.717, 1.165) is 58.8 Å². The van der Waals surface area contributed by atoms with Crippen molar-refractivity contribution in [2.75, 3.05) is 45.9 Å². The Bertz CT molecular complexity index is 506. The Balaban J connectivity index is 1.62. The molecule has 0 unspecified atom stereocenters. The molecule has 0 bridgehead atoms. The van der Waals surface area contributed by atoms with Gasteiger partial charge in [-0.2, -0.15) is 5.10 Å². The van der Waals surface area contributed by atoms with Crippen LogP contribution >= 0.6 is 0 Å². The third-order valence-corrected chi connectivity index (χ3v) is 4.75. The van der Waals surface area contributed by atoms with Crippen molar-refractivity contribution in [2.24, 2.45) is 5.41 Å². The van der Waals surface area contributed by atoms with Crippen LogP contribution in [0, 0.1) is 5.41 Å². The van der Waals surface area contributed by atoms with Gasteiger partial charge in [0.2, 0.25) is 0 Å². The monoisotopic (exact) mass is 304 g/mol. The normalized spacial score (nSPS) is 22.5. The Hall–Kier alpha value is -1.66. The number of carbonyl (C=O) groups excluding carboxylic acids is 1. The first-order valence-electron chi connectivity index (χ1n) is 7.92. The number of ether oxygens (including phenoxy) is 1. The van der Waals surface area contributed by atoms with Gasteiger partial charge in [0.15, 0.2) is 0 Å². The van der Waals surface area contributed by atoms with Crippen molar-refractivity contribution < 1.29 is 9.53 Å². The number of aromatic nitrogens is 2. The molecule has 1 N–H and O–H groups in total. The Labute approximate surface area is 131 Å². The average molecular weight is 304 g/mol. The highest BCUT2D eigenvalue weighted by Crippen LogP contribution is 2.34. The minimum atomic E-state index is 0.0461. The maximum Gasteiger partial charge on any atom is 0.271 e. The summed E-state index contributed by atoms with van der Waals surface area (Å²) in [7, 11) is 0. The number of amides is 1. The van der Waals surface area contributed by atoms with Crippen LogP contribution in [0.25, 0.3) is 0 Å². The fourth-order valence-corrected chi connectivity index (χ4v) is 3.45. The predicted molar refractivity (Wildman–Crippen MR) is 83.6 cm³/mol.